The standard InChI is InChI=1S/C20H25NO2S/c1-5-23-18-10-8-17(9-11-18)15(3)21-20(22)16(4)24-19-12-6-14(2)7-13-19/h6-13,15-16H,5H2,1-4H3,(H,21,22)/t15-,16-/m1/s1. The van der Waals surface area contributed by atoms with Gasteiger partial charge in [0.2, 0.25) is 5.91 Å². The molecule has 0 unspecified atom stereocenters. The number of thioether (sulfide) groups is 1. The zero-order valence-electron chi connectivity index (χ0n) is 14.7. The Labute approximate surface area is 148 Å². The van der Waals surface area contributed by atoms with Crippen LogP contribution in [-0.4, -0.2) is 17.8 Å². The Kier molecular flexibility index (Phi) is 6.73. The van der Waals surface area contributed by atoms with Crippen LogP contribution < -0.4 is 10.1 Å². The minimum absolute atomic E-state index is 0.0331. The largest absolute Gasteiger partial charge is 0.494 e. The summed E-state index contributed by atoms with van der Waals surface area (Å²) in [5.41, 5.74) is 2.29. The Morgan fingerprint density at radius 3 is 2.29 bits per heavy atom. The molecule has 1 amide bonds. The number of aryl methyl sites for hydroxylation is 1. The summed E-state index contributed by atoms with van der Waals surface area (Å²) in [5, 5.41) is 2.94. The first-order valence-corrected chi connectivity index (χ1v) is 9.14. The minimum atomic E-state index is -0.141. The van der Waals surface area contributed by atoms with Crippen molar-refractivity contribution in [1.82, 2.24) is 5.32 Å². The molecule has 2 aromatic carbocycles. The summed E-state index contributed by atoms with van der Waals surface area (Å²) in [6, 6.07) is 16.1. The molecule has 0 heterocycles. The van der Waals surface area contributed by atoms with E-state index in [2.05, 4.69) is 36.5 Å². The van der Waals surface area contributed by atoms with Crippen molar-refractivity contribution in [1.29, 1.82) is 0 Å². The third kappa shape index (κ3) is 5.31. The predicted octanol–water partition coefficient (Wildman–Crippen LogP) is 4.75. The average molecular weight is 343 g/mol. The Hall–Kier alpha value is -1.94. The van der Waals surface area contributed by atoms with Gasteiger partial charge in [-0.1, -0.05) is 29.8 Å². The molecule has 3 nitrogen and oxygen atoms in total. The molecule has 0 saturated carbocycles. The topological polar surface area (TPSA) is 38.3 Å². The van der Waals surface area contributed by atoms with Crippen molar-refractivity contribution < 1.29 is 9.53 Å². The molecule has 2 aromatic rings. The van der Waals surface area contributed by atoms with Gasteiger partial charge in [-0.2, -0.15) is 0 Å². The Morgan fingerprint density at radius 2 is 1.71 bits per heavy atom. The van der Waals surface area contributed by atoms with Gasteiger partial charge in [-0.3, -0.25) is 4.79 Å². The summed E-state index contributed by atoms with van der Waals surface area (Å²) in [5.74, 6) is 0.894. The summed E-state index contributed by atoms with van der Waals surface area (Å²) < 4.78 is 5.44. The van der Waals surface area contributed by atoms with Crippen LogP contribution in [0, 0.1) is 6.92 Å². The van der Waals surface area contributed by atoms with Crippen LogP contribution in [0.4, 0.5) is 0 Å². The van der Waals surface area contributed by atoms with Crippen molar-refractivity contribution >= 4 is 17.7 Å². The van der Waals surface area contributed by atoms with Gasteiger partial charge in [0.15, 0.2) is 0 Å². The van der Waals surface area contributed by atoms with Crippen molar-refractivity contribution in [2.45, 2.75) is 43.9 Å². The third-order valence-electron chi connectivity index (χ3n) is 3.75. The maximum atomic E-state index is 12.4. The molecule has 0 bridgehead atoms. The lowest BCUT2D eigenvalue weighted by Gasteiger charge is -2.18. The molecule has 0 saturated heterocycles. The zero-order valence-corrected chi connectivity index (χ0v) is 15.5. The molecule has 2 rings (SSSR count). The highest BCUT2D eigenvalue weighted by molar-refractivity contribution is 8.00. The number of carbonyl (C=O) groups is 1. The lowest BCUT2D eigenvalue weighted by atomic mass is 10.1. The molecule has 1 N–H and O–H groups in total. The number of benzene rings is 2. The highest BCUT2D eigenvalue weighted by atomic mass is 32.2. The number of ether oxygens (including phenoxy) is 1. The van der Waals surface area contributed by atoms with Crippen LogP contribution in [0.5, 0.6) is 5.75 Å². The molecule has 0 aliphatic carbocycles. The molecule has 0 spiro atoms. The Bertz CT molecular complexity index is 652. The molecule has 0 fully saturated rings. The van der Waals surface area contributed by atoms with E-state index < -0.39 is 0 Å². The van der Waals surface area contributed by atoms with Crippen LogP contribution >= 0.6 is 11.8 Å². The fraction of sp³-hybridized carbons (Fsp3) is 0.350. The van der Waals surface area contributed by atoms with E-state index in [-0.39, 0.29) is 17.2 Å². The second-order valence-corrected chi connectivity index (χ2v) is 7.22. The van der Waals surface area contributed by atoms with E-state index in [1.807, 2.05) is 45.0 Å². The van der Waals surface area contributed by atoms with Gasteiger partial charge in [0.25, 0.3) is 0 Å². The molecule has 0 radical (unpaired) electrons. The SMILES string of the molecule is CCOc1ccc([C@@H](C)NC(=O)[C@@H](C)Sc2ccc(C)cc2)cc1. The number of hydrogen-bond donors (Lipinski definition) is 1. The van der Waals surface area contributed by atoms with E-state index in [1.165, 1.54) is 5.56 Å². The molecular formula is C20H25NO2S. The van der Waals surface area contributed by atoms with Crippen LogP contribution in [0.25, 0.3) is 0 Å². The number of hydrogen-bond acceptors (Lipinski definition) is 3. The van der Waals surface area contributed by atoms with Crippen molar-refractivity contribution in [2.24, 2.45) is 0 Å². The van der Waals surface area contributed by atoms with Gasteiger partial charge in [-0.25, -0.2) is 0 Å². The summed E-state index contributed by atoms with van der Waals surface area (Å²) in [7, 11) is 0. The van der Waals surface area contributed by atoms with E-state index in [0.29, 0.717) is 6.61 Å². The fourth-order valence-electron chi connectivity index (χ4n) is 2.31. The van der Waals surface area contributed by atoms with E-state index in [9.17, 15) is 4.79 Å². The first-order valence-electron chi connectivity index (χ1n) is 8.26. The van der Waals surface area contributed by atoms with Crippen LogP contribution in [0.1, 0.15) is 37.9 Å². The van der Waals surface area contributed by atoms with E-state index in [4.69, 9.17) is 4.74 Å². The van der Waals surface area contributed by atoms with Crippen molar-refractivity contribution in [3.8, 4) is 5.75 Å². The van der Waals surface area contributed by atoms with E-state index in [1.54, 1.807) is 11.8 Å². The maximum absolute atomic E-state index is 12.4. The summed E-state index contributed by atoms with van der Waals surface area (Å²) >= 11 is 1.57. The molecule has 24 heavy (non-hydrogen) atoms. The van der Waals surface area contributed by atoms with Crippen LogP contribution in [0.2, 0.25) is 0 Å². The molecule has 4 heteroatoms. The Morgan fingerprint density at radius 1 is 1.08 bits per heavy atom. The number of rotatable bonds is 7. The first kappa shape index (κ1) is 18.4. The quantitative estimate of drug-likeness (QED) is 0.737. The lowest BCUT2D eigenvalue weighted by Crippen LogP contribution is -2.33. The number of amides is 1. The highest BCUT2D eigenvalue weighted by Crippen LogP contribution is 2.24. The minimum Gasteiger partial charge on any atom is -0.494 e. The van der Waals surface area contributed by atoms with Crippen LogP contribution in [0.15, 0.2) is 53.4 Å². The first-order chi connectivity index (χ1) is 11.5. The maximum Gasteiger partial charge on any atom is 0.233 e. The Balaban J connectivity index is 1.91. The molecule has 128 valence electrons. The molecule has 2 atom stereocenters. The summed E-state index contributed by atoms with van der Waals surface area (Å²) in [4.78, 5) is 13.5. The summed E-state index contributed by atoms with van der Waals surface area (Å²) in [6.07, 6.45) is 0. The monoisotopic (exact) mass is 343 g/mol. The van der Waals surface area contributed by atoms with Gasteiger partial charge in [-0.05, 0) is 57.5 Å². The van der Waals surface area contributed by atoms with Gasteiger partial charge < -0.3 is 10.1 Å². The second-order valence-electron chi connectivity index (χ2n) is 5.81. The fourth-order valence-corrected chi connectivity index (χ4v) is 3.18. The highest BCUT2D eigenvalue weighted by Gasteiger charge is 2.17. The predicted molar refractivity (Wildman–Crippen MR) is 101 cm³/mol. The lowest BCUT2D eigenvalue weighted by molar-refractivity contribution is -0.120. The summed E-state index contributed by atoms with van der Waals surface area (Å²) in [6.45, 7) is 8.61. The van der Waals surface area contributed by atoms with Gasteiger partial charge in [0.05, 0.1) is 17.9 Å². The molecule has 0 aromatic heterocycles. The number of carbonyl (C=O) groups excluding carboxylic acids is 1. The van der Waals surface area contributed by atoms with E-state index in [0.717, 1.165) is 16.2 Å². The zero-order chi connectivity index (χ0) is 17.5. The van der Waals surface area contributed by atoms with Crippen molar-refractivity contribution in [3.63, 3.8) is 0 Å². The van der Waals surface area contributed by atoms with Gasteiger partial charge in [0.1, 0.15) is 5.75 Å². The van der Waals surface area contributed by atoms with Crippen molar-refractivity contribution in [3.05, 3.63) is 59.7 Å². The second kappa shape index (κ2) is 8.78. The number of nitrogens with one attached hydrogen (secondary N) is 1. The van der Waals surface area contributed by atoms with Crippen LogP contribution in [-0.2, 0) is 4.79 Å². The van der Waals surface area contributed by atoms with Crippen molar-refractivity contribution in [2.75, 3.05) is 6.61 Å². The van der Waals surface area contributed by atoms with Gasteiger partial charge in [0, 0.05) is 4.90 Å². The van der Waals surface area contributed by atoms with Crippen LogP contribution in [0.3, 0.4) is 0 Å². The van der Waals surface area contributed by atoms with E-state index >= 15 is 0 Å². The molecule has 0 aliphatic heterocycles. The smallest absolute Gasteiger partial charge is 0.233 e. The normalized spacial score (nSPS) is 13.2. The van der Waals surface area contributed by atoms with Gasteiger partial charge in [-0.15, -0.1) is 11.8 Å². The van der Waals surface area contributed by atoms with Gasteiger partial charge >= 0.3 is 0 Å². The third-order valence-corrected chi connectivity index (χ3v) is 4.86. The molecular weight excluding hydrogens is 318 g/mol. The average Bonchev–Trinajstić information content (AvgIpc) is 2.57. The molecule has 0 aliphatic rings.